The zero-order valence-electron chi connectivity index (χ0n) is 12.1. The molecule has 3 heteroatoms. The molecular formula is C18H20BrNO. The number of rotatable bonds is 5. The van der Waals surface area contributed by atoms with E-state index in [0.29, 0.717) is 6.61 Å². The number of anilines is 1. The van der Waals surface area contributed by atoms with Gasteiger partial charge in [0.25, 0.3) is 0 Å². The molecule has 0 fully saturated rings. The number of benzene rings is 2. The number of hydrogen-bond acceptors (Lipinski definition) is 2. The maximum atomic E-state index is 5.76. The molecule has 2 aromatic carbocycles. The Bertz CT molecular complexity index is 612. The van der Waals surface area contributed by atoms with Gasteiger partial charge in [0.15, 0.2) is 0 Å². The van der Waals surface area contributed by atoms with Gasteiger partial charge in [0.05, 0.1) is 0 Å². The van der Waals surface area contributed by atoms with Gasteiger partial charge < -0.3 is 10.1 Å². The van der Waals surface area contributed by atoms with E-state index in [4.69, 9.17) is 4.74 Å². The molecular weight excluding hydrogens is 326 g/mol. The normalized spacial score (nSPS) is 13.6. The lowest BCUT2D eigenvalue weighted by molar-refractivity contribution is 0.332. The van der Waals surface area contributed by atoms with Crippen molar-refractivity contribution in [2.75, 3.05) is 18.5 Å². The molecule has 0 bridgehead atoms. The summed E-state index contributed by atoms with van der Waals surface area (Å²) in [6.07, 6.45) is 5.05. The fraction of sp³-hybridized carbons (Fsp3) is 0.333. The Balaban J connectivity index is 1.54. The highest BCUT2D eigenvalue weighted by Crippen LogP contribution is 2.27. The molecule has 0 unspecified atom stereocenters. The molecule has 21 heavy (non-hydrogen) atoms. The highest BCUT2D eigenvalue weighted by Gasteiger charge is 2.12. The lowest BCUT2D eigenvalue weighted by Crippen LogP contribution is -2.14. The molecule has 3 rings (SSSR count). The summed E-state index contributed by atoms with van der Waals surface area (Å²) in [6.45, 7) is 1.49. The summed E-state index contributed by atoms with van der Waals surface area (Å²) in [7, 11) is 0. The van der Waals surface area contributed by atoms with Crippen LogP contribution in [-0.4, -0.2) is 13.2 Å². The van der Waals surface area contributed by atoms with Crippen LogP contribution in [0.25, 0.3) is 0 Å². The molecule has 2 aromatic rings. The molecule has 0 radical (unpaired) electrons. The van der Waals surface area contributed by atoms with E-state index in [1.54, 1.807) is 0 Å². The van der Waals surface area contributed by atoms with Gasteiger partial charge in [-0.15, -0.1) is 0 Å². The third kappa shape index (κ3) is 3.79. The fourth-order valence-corrected chi connectivity index (χ4v) is 3.24. The van der Waals surface area contributed by atoms with Gasteiger partial charge in [-0.3, -0.25) is 0 Å². The summed E-state index contributed by atoms with van der Waals surface area (Å²) in [4.78, 5) is 0. The maximum Gasteiger partial charge on any atom is 0.120 e. The summed E-state index contributed by atoms with van der Waals surface area (Å²) in [5.41, 5.74) is 4.30. The average molecular weight is 346 g/mol. The number of hydrogen-bond donors (Lipinski definition) is 1. The third-order valence-corrected chi connectivity index (χ3v) is 4.37. The van der Waals surface area contributed by atoms with E-state index in [0.717, 1.165) is 16.8 Å². The Morgan fingerprint density at radius 2 is 1.90 bits per heavy atom. The maximum absolute atomic E-state index is 5.76. The minimum Gasteiger partial charge on any atom is -0.492 e. The van der Waals surface area contributed by atoms with Gasteiger partial charge in [-0.2, -0.15) is 0 Å². The predicted octanol–water partition coefficient (Wildman–Crippen LogP) is 4.82. The number of nitrogens with one attached hydrogen (secondary N) is 1. The van der Waals surface area contributed by atoms with Crippen LogP contribution in [0.1, 0.15) is 24.0 Å². The molecule has 1 N–H and O–H groups in total. The van der Waals surface area contributed by atoms with Gasteiger partial charge in [-0.25, -0.2) is 0 Å². The van der Waals surface area contributed by atoms with Crippen LogP contribution >= 0.6 is 15.9 Å². The summed E-state index contributed by atoms with van der Waals surface area (Å²) in [5.74, 6) is 0.904. The van der Waals surface area contributed by atoms with Crippen molar-refractivity contribution in [2.45, 2.75) is 25.7 Å². The van der Waals surface area contributed by atoms with Crippen LogP contribution in [0.4, 0.5) is 5.69 Å². The first-order valence-corrected chi connectivity index (χ1v) is 8.35. The molecule has 0 heterocycles. The second-order valence-electron chi connectivity index (χ2n) is 5.38. The first-order chi connectivity index (χ1) is 10.3. The monoisotopic (exact) mass is 345 g/mol. The van der Waals surface area contributed by atoms with Crippen LogP contribution in [-0.2, 0) is 12.8 Å². The van der Waals surface area contributed by atoms with Crippen LogP contribution in [0.3, 0.4) is 0 Å². The van der Waals surface area contributed by atoms with Gasteiger partial charge >= 0.3 is 0 Å². The van der Waals surface area contributed by atoms with Crippen LogP contribution in [0, 0.1) is 0 Å². The van der Waals surface area contributed by atoms with Crippen molar-refractivity contribution in [2.24, 2.45) is 0 Å². The molecule has 0 spiro atoms. The largest absolute Gasteiger partial charge is 0.492 e. The highest BCUT2D eigenvalue weighted by molar-refractivity contribution is 9.10. The van der Waals surface area contributed by atoms with E-state index < -0.39 is 0 Å². The molecule has 0 saturated heterocycles. The van der Waals surface area contributed by atoms with E-state index in [1.807, 2.05) is 24.3 Å². The molecule has 1 aliphatic rings. The summed E-state index contributed by atoms with van der Waals surface area (Å²) in [6, 6.07) is 14.6. The Morgan fingerprint density at radius 1 is 1.05 bits per heavy atom. The zero-order chi connectivity index (χ0) is 14.5. The Morgan fingerprint density at radius 3 is 2.81 bits per heavy atom. The first kappa shape index (κ1) is 14.5. The van der Waals surface area contributed by atoms with E-state index >= 15 is 0 Å². The predicted molar refractivity (Wildman–Crippen MR) is 91.2 cm³/mol. The topological polar surface area (TPSA) is 21.3 Å². The van der Waals surface area contributed by atoms with Crippen molar-refractivity contribution < 1.29 is 4.74 Å². The highest BCUT2D eigenvalue weighted by atomic mass is 79.9. The molecule has 0 saturated carbocycles. The number of aryl methyl sites for hydroxylation is 1. The lowest BCUT2D eigenvalue weighted by atomic mass is 9.90. The van der Waals surface area contributed by atoms with Crippen LogP contribution < -0.4 is 10.1 Å². The standard InChI is InChI=1S/C18H20BrNO/c19-15-7-4-8-16(13-15)21-12-11-20-18-10-3-6-14-5-1-2-9-17(14)18/h3-4,6-8,10,13,20H,1-2,5,9,11-12H2. The molecule has 1 aliphatic carbocycles. The number of ether oxygens (including phenoxy) is 1. The third-order valence-electron chi connectivity index (χ3n) is 3.88. The smallest absolute Gasteiger partial charge is 0.120 e. The minimum atomic E-state index is 0.667. The van der Waals surface area contributed by atoms with Gasteiger partial charge in [-0.05, 0) is 61.1 Å². The first-order valence-electron chi connectivity index (χ1n) is 7.56. The fourth-order valence-electron chi connectivity index (χ4n) is 2.86. The molecule has 0 aliphatic heterocycles. The second kappa shape index (κ2) is 6.99. The van der Waals surface area contributed by atoms with Crippen molar-refractivity contribution in [3.05, 3.63) is 58.1 Å². The molecule has 0 amide bonds. The van der Waals surface area contributed by atoms with Crippen molar-refractivity contribution in [3.63, 3.8) is 0 Å². The van der Waals surface area contributed by atoms with E-state index in [2.05, 4.69) is 39.4 Å². The van der Waals surface area contributed by atoms with Gasteiger partial charge in [-0.1, -0.05) is 34.1 Å². The second-order valence-corrected chi connectivity index (χ2v) is 6.30. The van der Waals surface area contributed by atoms with Crippen molar-refractivity contribution >= 4 is 21.6 Å². The van der Waals surface area contributed by atoms with Crippen molar-refractivity contribution in [1.29, 1.82) is 0 Å². The van der Waals surface area contributed by atoms with Crippen molar-refractivity contribution in [1.82, 2.24) is 0 Å². The quantitative estimate of drug-likeness (QED) is 0.784. The summed E-state index contributed by atoms with van der Waals surface area (Å²) >= 11 is 3.45. The van der Waals surface area contributed by atoms with E-state index in [1.165, 1.54) is 42.5 Å². The lowest BCUT2D eigenvalue weighted by Gasteiger charge is -2.20. The molecule has 110 valence electrons. The summed E-state index contributed by atoms with van der Waals surface area (Å²) in [5, 5.41) is 3.52. The number of fused-ring (bicyclic) bond motifs is 1. The molecule has 0 aromatic heterocycles. The molecule has 0 atom stereocenters. The Hall–Kier alpha value is -1.48. The zero-order valence-corrected chi connectivity index (χ0v) is 13.7. The SMILES string of the molecule is Brc1cccc(OCCNc2cccc3c2CCCC3)c1. The Kier molecular flexibility index (Phi) is 4.81. The molecule has 2 nitrogen and oxygen atoms in total. The van der Waals surface area contributed by atoms with E-state index in [-0.39, 0.29) is 0 Å². The van der Waals surface area contributed by atoms with Gasteiger partial charge in [0, 0.05) is 16.7 Å². The Labute approximate surface area is 134 Å². The minimum absolute atomic E-state index is 0.667. The van der Waals surface area contributed by atoms with Gasteiger partial charge in [0.1, 0.15) is 12.4 Å². The van der Waals surface area contributed by atoms with Gasteiger partial charge in [0.2, 0.25) is 0 Å². The number of halogens is 1. The van der Waals surface area contributed by atoms with Crippen LogP contribution in [0.15, 0.2) is 46.9 Å². The summed E-state index contributed by atoms with van der Waals surface area (Å²) < 4.78 is 6.81. The van der Waals surface area contributed by atoms with Crippen LogP contribution in [0.2, 0.25) is 0 Å². The average Bonchev–Trinajstić information content (AvgIpc) is 2.52. The van der Waals surface area contributed by atoms with E-state index in [9.17, 15) is 0 Å². The van der Waals surface area contributed by atoms with Crippen molar-refractivity contribution in [3.8, 4) is 5.75 Å². The van der Waals surface area contributed by atoms with Crippen LogP contribution in [0.5, 0.6) is 5.75 Å².